The monoisotopic (exact) mass is 287 g/mol. The average molecular weight is 287 g/mol. The van der Waals surface area contributed by atoms with Crippen molar-refractivity contribution >= 4 is 11.7 Å². The Kier molecular flexibility index (Phi) is 4.73. The number of pyridine rings is 1. The third-order valence-corrected chi connectivity index (χ3v) is 4.73. The van der Waals surface area contributed by atoms with Gasteiger partial charge in [0.2, 0.25) is 5.91 Å². The molecule has 0 bridgehead atoms. The van der Waals surface area contributed by atoms with E-state index in [1.165, 1.54) is 32.1 Å². The molecule has 1 amide bonds. The molecule has 114 valence electrons. The smallest absolute Gasteiger partial charge is 0.220 e. The van der Waals surface area contributed by atoms with Crippen LogP contribution >= 0.6 is 0 Å². The van der Waals surface area contributed by atoms with Crippen molar-refractivity contribution in [2.45, 2.75) is 51.0 Å². The first-order valence-corrected chi connectivity index (χ1v) is 8.26. The van der Waals surface area contributed by atoms with Crippen molar-refractivity contribution in [2.75, 3.05) is 18.0 Å². The molecule has 0 spiro atoms. The molecular formula is C17H25N3O. The van der Waals surface area contributed by atoms with Crippen molar-refractivity contribution in [2.24, 2.45) is 5.92 Å². The lowest BCUT2D eigenvalue weighted by Gasteiger charge is -2.22. The van der Waals surface area contributed by atoms with Crippen LogP contribution in [0.25, 0.3) is 0 Å². The highest BCUT2D eigenvalue weighted by atomic mass is 16.1. The highest BCUT2D eigenvalue weighted by molar-refractivity contribution is 5.76. The minimum atomic E-state index is 0.245. The van der Waals surface area contributed by atoms with E-state index >= 15 is 0 Å². The summed E-state index contributed by atoms with van der Waals surface area (Å²) in [4.78, 5) is 18.8. The summed E-state index contributed by atoms with van der Waals surface area (Å²) in [5.74, 6) is 1.88. The van der Waals surface area contributed by atoms with E-state index < -0.39 is 0 Å². The first-order valence-electron chi connectivity index (χ1n) is 8.26. The molecule has 1 aliphatic carbocycles. The minimum absolute atomic E-state index is 0.245. The van der Waals surface area contributed by atoms with E-state index in [2.05, 4.69) is 15.2 Å². The summed E-state index contributed by atoms with van der Waals surface area (Å²) in [7, 11) is 0. The lowest BCUT2D eigenvalue weighted by Crippen LogP contribution is -2.38. The van der Waals surface area contributed by atoms with Crippen LogP contribution in [0, 0.1) is 5.92 Å². The maximum Gasteiger partial charge on any atom is 0.220 e. The standard InChI is InChI=1S/C17H25N3O/c21-17(12-14-6-2-1-3-7-14)19-15-9-11-20(13-15)16-8-4-5-10-18-16/h4-5,8,10,14-15H,1-3,6-7,9,11-13H2,(H,19,21)/t15-/m1/s1. The number of anilines is 1. The van der Waals surface area contributed by atoms with Gasteiger partial charge >= 0.3 is 0 Å². The number of carbonyl (C=O) groups is 1. The molecule has 1 atom stereocenters. The van der Waals surface area contributed by atoms with Crippen LogP contribution < -0.4 is 10.2 Å². The number of amides is 1. The number of nitrogens with one attached hydrogen (secondary N) is 1. The van der Waals surface area contributed by atoms with Gasteiger partial charge in [0.05, 0.1) is 0 Å². The van der Waals surface area contributed by atoms with E-state index in [1.54, 1.807) is 0 Å². The number of hydrogen-bond donors (Lipinski definition) is 1. The fraction of sp³-hybridized carbons (Fsp3) is 0.647. The van der Waals surface area contributed by atoms with E-state index in [0.717, 1.165) is 31.7 Å². The van der Waals surface area contributed by atoms with Crippen molar-refractivity contribution in [3.63, 3.8) is 0 Å². The summed E-state index contributed by atoms with van der Waals surface area (Å²) in [6.45, 7) is 1.86. The van der Waals surface area contributed by atoms with Gasteiger partial charge in [-0.3, -0.25) is 4.79 Å². The number of carbonyl (C=O) groups excluding carboxylic acids is 1. The highest BCUT2D eigenvalue weighted by Crippen LogP contribution is 2.26. The molecule has 1 N–H and O–H groups in total. The normalized spacial score (nSPS) is 23.2. The fourth-order valence-electron chi connectivity index (χ4n) is 3.57. The second kappa shape index (κ2) is 6.92. The van der Waals surface area contributed by atoms with Gasteiger partial charge in [-0.05, 0) is 37.3 Å². The number of rotatable bonds is 4. The molecule has 3 rings (SSSR count). The first kappa shape index (κ1) is 14.4. The van der Waals surface area contributed by atoms with E-state index in [-0.39, 0.29) is 11.9 Å². The fourth-order valence-corrected chi connectivity index (χ4v) is 3.57. The topological polar surface area (TPSA) is 45.2 Å². The van der Waals surface area contributed by atoms with Crippen LogP contribution in [-0.2, 0) is 4.79 Å². The zero-order valence-electron chi connectivity index (χ0n) is 12.6. The largest absolute Gasteiger partial charge is 0.354 e. The molecule has 1 aromatic heterocycles. The molecule has 21 heavy (non-hydrogen) atoms. The Bertz CT molecular complexity index is 456. The molecule has 1 aliphatic heterocycles. The van der Waals surface area contributed by atoms with Gasteiger partial charge in [0.25, 0.3) is 0 Å². The maximum atomic E-state index is 12.2. The van der Waals surface area contributed by atoms with Crippen molar-refractivity contribution in [3.05, 3.63) is 24.4 Å². The summed E-state index contributed by atoms with van der Waals surface area (Å²) < 4.78 is 0. The second-order valence-electron chi connectivity index (χ2n) is 6.40. The van der Waals surface area contributed by atoms with Gasteiger partial charge in [-0.25, -0.2) is 4.98 Å². The molecule has 0 aromatic carbocycles. The van der Waals surface area contributed by atoms with Crippen molar-refractivity contribution in [3.8, 4) is 0 Å². The number of hydrogen-bond acceptors (Lipinski definition) is 3. The van der Waals surface area contributed by atoms with Crippen LogP contribution in [0.2, 0.25) is 0 Å². The number of nitrogens with zero attached hydrogens (tertiary/aromatic N) is 2. The van der Waals surface area contributed by atoms with Crippen molar-refractivity contribution in [1.82, 2.24) is 10.3 Å². The molecule has 1 saturated carbocycles. The first-order chi connectivity index (χ1) is 10.3. The molecule has 1 aromatic rings. The molecular weight excluding hydrogens is 262 g/mol. The number of aromatic nitrogens is 1. The summed E-state index contributed by atoms with van der Waals surface area (Å²) in [5, 5.41) is 3.22. The average Bonchev–Trinajstić information content (AvgIpc) is 2.97. The lowest BCUT2D eigenvalue weighted by atomic mass is 9.87. The van der Waals surface area contributed by atoms with Gasteiger partial charge in [-0.2, -0.15) is 0 Å². The Morgan fingerprint density at radius 2 is 2.10 bits per heavy atom. The second-order valence-corrected chi connectivity index (χ2v) is 6.40. The third kappa shape index (κ3) is 3.96. The van der Waals surface area contributed by atoms with Gasteiger partial charge in [-0.1, -0.05) is 25.3 Å². The zero-order valence-corrected chi connectivity index (χ0v) is 12.6. The van der Waals surface area contributed by atoms with Crippen LogP contribution in [0.1, 0.15) is 44.9 Å². The Morgan fingerprint density at radius 3 is 2.86 bits per heavy atom. The van der Waals surface area contributed by atoms with E-state index in [4.69, 9.17) is 0 Å². The molecule has 2 heterocycles. The summed E-state index contributed by atoms with van der Waals surface area (Å²) in [6.07, 6.45) is 9.98. The molecule has 0 radical (unpaired) electrons. The highest BCUT2D eigenvalue weighted by Gasteiger charge is 2.25. The van der Waals surface area contributed by atoms with Gasteiger partial charge in [0.15, 0.2) is 0 Å². The van der Waals surface area contributed by atoms with Gasteiger partial charge < -0.3 is 10.2 Å². The van der Waals surface area contributed by atoms with Crippen molar-refractivity contribution in [1.29, 1.82) is 0 Å². The zero-order chi connectivity index (χ0) is 14.5. The van der Waals surface area contributed by atoms with Crippen LogP contribution in [-0.4, -0.2) is 30.0 Å². The molecule has 4 heteroatoms. The molecule has 2 aliphatic rings. The summed E-state index contributed by atoms with van der Waals surface area (Å²) >= 11 is 0. The van der Waals surface area contributed by atoms with Crippen LogP contribution in [0.3, 0.4) is 0 Å². The molecule has 1 saturated heterocycles. The Balaban J connectivity index is 1.45. The Morgan fingerprint density at radius 1 is 1.24 bits per heavy atom. The Hall–Kier alpha value is -1.58. The predicted octanol–water partition coefficient (Wildman–Crippen LogP) is 2.75. The van der Waals surface area contributed by atoms with Gasteiger partial charge in [0, 0.05) is 31.7 Å². The van der Waals surface area contributed by atoms with E-state index in [1.807, 2.05) is 24.4 Å². The van der Waals surface area contributed by atoms with Crippen LogP contribution in [0.5, 0.6) is 0 Å². The van der Waals surface area contributed by atoms with Gasteiger partial charge in [0.1, 0.15) is 5.82 Å². The lowest BCUT2D eigenvalue weighted by molar-refractivity contribution is -0.122. The predicted molar refractivity (Wildman–Crippen MR) is 84.2 cm³/mol. The van der Waals surface area contributed by atoms with Crippen molar-refractivity contribution < 1.29 is 4.79 Å². The van der Waals surface area contributed by atoms with Crippen LogP contribution in [0.4, 0.5) is 5.82 Å². The van der Waals surface area contributed by atoms with Crippen LogP contribution in [0.15, 0.2) is 24.4 Å². The maximum absolute atomic E-state index is 12.2. The molecule has 0 unspecified atom stereocenters. The van der Waals surface area contributed by atoms with E-state index in [0.29, 0.717) is 5.92 Å². The Labute approximate surface area is 126 Å². The minimum Gasteiger partial charge on any atom is -0.354 e. The SMILES string of the molecule is O=C(CC1CCCCC1)N[C@@H]1CCN(c2ccccn2)C1. The molecule has 4 nitrogen and oxygen atoms in total. The van der Waals surface area contributed by atoms with E-state index in [9.17, 15) is 4.79 Å². The summed E-state index contributed by atoms with van der Waals surface area (Å²) in [6, 6.07) is 6.26. The third-order valence-electron chi connectivity index (χ3n) is 4.73. The van der Waals surface area contributed by atoms with Gasteiger partial charge in [-0.15, -0.1) is 0 Å². The summed E-state index contributed by atoms with van der Waals surface area (Å²) in [5.41, 5.74) is 0. The molecule has 2 fully saturated rings. The quantitative estimate of drug-likeness (QED) is 0.926.